The summed E-state index contributed by atoms with van der Waals surface area (Å²) in [6.45, 7) is 4.08. The molecule has 0 aliphatic rings. The first-order chi connectivity index (χ1) is 13.2. The Labute approximate surface area is 163 Å². The molecule has 1 aromatic heterocycles. The minimum absolute atomic E-state index is 0.0600. The van der Waals surface area contributed by atoms with E-state index in [9.17, 15) is 4.79 Å². The van der Waals surface area contributed by atoms with Crippen LogP contribution < -0.4 is 5.32 Å². The van der Waals surface area contributed by atoms with Crippen LogP contribution in [0.15, 0.2) is 53.7 Å². The van der Waals surface area contributed by atoms with Crippen LogP contribution in [0.3, 0.4) is 0 Å². The van der Waals surface area contributed by atoms with E-state index in [1.165, 1.54) is 11.8 Å². The van der Waals surface area contributed by atoms with Crippen LogP contribution in [0.4, 0.5) is 5.69 Å². The van der Waals surface area contributed by atoms with Gasteiger partial charge >= 0.3 is 0 Å². The number of hydrogen-bond acceptors (Lipinski definition) is 4. The van der Waals surface area contributed by atoms with Gasteiger partial charge in [0, 0.05) is 5.69 Å². The molecule has 27 heavy (non-hydrogen) atoms. The second-order valence-corrected chi connectivity index (χ2v) is 6.99. The van der Waals surface area contributed by atoms with Crippen molar-refractivity contribution in [2.75, 3.05) is 11.1 Å². The van der Waals surface area contributed by atoms with Crippen LogP contribution in [-0.4, -0.2) is 26.8 Å². The first-order valence-electron chi connectivity index (χ1n) is 8.82. The van der Waals surface area contributed by atoms with Crippen LogP contribution >= 0.6 is 11.8 Å². The number of aromatic nitrogens is 3. The summed E-state index contributed by atoms with van der Waals surface area (Å²) in [6, 6.07) is 16.0. The van der Waals surface area contributed by atoms with E-state index in [1.54, 1.807) is 0 Å². The Hall–Kier alpha value is -2.86. The van der Waals surface area contributed by atoms with E-state index in [4.69, 9.17) is 0 Å². The lowest BCUT2D eigenvalue weighted by Crippen LogP contribution is -2.16. The molecule has 0 aliphatic heterocycles. The Balaban J connectivity index is 1.56. The normalized spacial score (nSPS) is 11.0. The summed E-state index contributed by atoms with van der Waals surface area (Å²) < 4.78 is 0. The average Bonchev–Trinajstić information content (AvgIpc) is 3.15. The van der Waals surface area contributed by atoms with Crippen molar-refractivity contribution in [3.05, 3.63) is 71.0 Å². The molecule has 0 spiro atoms. The fraction of sp³-hybridized carbons (Fsp3) is 0.190. The van der Waals surface area contributed by atoms with Gasteiger partial charge in [0.05, 0.1) is 5.75 Å². The minimum Gasteiger partial charge on any atom is -0.325 e. The number of carbonyl (C=O) groups is 1. The summed E-state index contributed by atoms with van der Waals surface area (Å²) >= 11 is 1.31. The fourth-order valence-corrected chi connectivity index (χ4v) is 3.25. The van der Waals surface area contributed by atoms with E-state index < -0.39 is 0 Å². The number of anilines is 1. The lowest BCUT2D eigenvalue weighted by atomic mass is 10.1. The molecule has 5 nitrogen and oxygen atoms in total. The standard InChI is InChI=1S/C21H22N4OS/c1-3-17-11-7-8-15(2)20(17)23-19(26)14-27-21-22-18(24-25-21)13-12-16-9-5-4-6-10-16/h4-13H,3,14H2,1-2H3,(H,23,26)(H,22,24,25)/b13-12+. The predicted molar refractivity (Wildman–Crippen MR) is 112 cm³/mol. The third-order valence-electron chi connectivity index (χ3n) is 4.05. The van der Waals surface area contributed by atoms with Gasteiger partial charge in [-0.1, -0.05) is 73.3 Å². The molecule has 0 fully saturated rings. The van der Waals surface area contributed by atoms with E-state index in [0.717, 1.165) is 28.8 Å². The van der Waals surface area contributed by atoms with Crippen molar-refractivity contribution in [3.63, 3.8) is 0 Å². The monoisotopic (exact) mass is 378 g/mol. The van der Waals surface area contributed by atoms with Crippen molar-refractivity contribution in [2.24, 2.45) is 0 Å². The third kappa shape index (κ3) is 5.31. The quantitative estimate of drug-likeness (QED) is 0.591. The zero-order valence-corrected chi connectivity index (χ0v) is 16.2. The van der Waals surface area contributed by atoms with E-state index in [1.807, 2.05) is 67.6 Å². The highest BCUT2D eigenvalue weighted by molar-refractivity contribution is 7.99. The average molecular weight is 379 g/mol. The van der Waals surface area contributed by atoms with Gasteiger partial charge in [0.1, 0.15) is 5.82 Å². The molecule has 6 heteroatoms. The molecule has 138 valence electrons. The van der Waals surface area contributed by atoms with Crippen molar-refractivity contribution in [1.82, 2.24) is 15.2 Å². The molecule has 0 aliphatic carbocycles. The van der Waals surface area contributed by atoms with Gasteiger partial charge in [0.15, 0.2) is 0 Å². The topological polar surface area (TPSA) is 70.7 Å². The highest BCUT2D eigenvalue weighted by atomic mass is 32.2. The largest absolute Gasteiger partial charge is 0.325 e. The number of hydrogen-bond donors (Lipinski definition) is 2. The summed E-state index contributed by atoms with van der Waals surface area (Å²) in [6.07, 6.45) is 4.71. The SMILES string of the molecule is CCc1cccc(C)c1NC(=O)CSc1n[nH]c(/C=C/c2ccccc2)n1. The van der Waals surface area contributed by atoms with Gasteiger partial charge < -0.3 is 5.32 Å². The summed E-state index contributed by atoms with van der Waals surface area (Å²) in [5.74, 6) is 0.862. The molecule has 0 saturated carbocycles. The molecule has 2 aromatic carbocycles. The maximum Gasteiger partial charge on any atom is 0.234 e. The highest BCUT2D eigenvalue weighted by Gasteiger charge is 2.10. The Kier molecular flexibility index (Phi) is 6.44. The number of aromatic amines is 1. The molecule has 2 N–H and O–H groups in total. The zero-order valence-electron chi connectivity index (χ0n) is 15.4. The third-order valence-corrected chi connectivity index (χ3v) is 4.90. The van der Waals surface area contributed by atoms with Gasteiger partial charge in [0.25, 0.3) is 0 Å². The van der Waals surface area contributed by atoms with Crippen LogP contribution in [0.25, 0.3) is 12.2 Å². The fourth-order valence-electron chi connectivity index (χ4n) is 2.64. The van der Waals surface area contributed by atoms with Crippen molar-refractivity contribution in [2.45, 2.75) is 25.4 Å². The highest BCUT2D eigenvalue weighted by Crippen LogP contribution is 2.22. The number of benzene rings is 2. The molecule has 1 heterocycles. The number of rotatable bonds is 7. The van der Waals surface area contributed by atoms with Gasteiger partial charge in [-0.05, 0) is 36.1 Å². The van der Waals surface area contributed by atoms with Crippen LogP contribution in [0.5, 0.6) is 0 Å². The molecule has 3 aromatic rings. The molecular formula is C21H22N4OS. The molecule has 1 amide bonds. The van der Waals surface area contributed by atoms with Crippen LogP contribution in [0, 0.1) is 6.92 Å². The number of amides is 1. The summed E-state index contributed by atoms with van der Waals surface area (Å²) in [5, 5.41) is 10.6. The van der Waals surface area contributed by atoms with Gasteiger partial charge in [0.2, 0.25) is 11.1 Å². The van der Waals surface area contributed by atoms with E-state index in [2.05, 4.69) is 27.4 Å². The van der Waals surface area contributed by atoms with Gasteiger partial charge in [-0.3, -0.25) is 9.89 Å². The predicted octanol–water partition coefficient (Wildman–Crippen LogP) is 4.58. The van der Waals surface area contributed by atoms with Crippen LogP contribution in [-0.2, 0) is 11.2 Å². The minimum atomic E-state index is -0.0600. The number of nitrogens with one attached hydrogen (secondary N) is 2. The van der Waals surface area contributed by atoms with Crippen molar-refractivity contribution in [1.29, 1.82) is 0 Å². The molecule has 0 atom stereocenters. The van der Waals surface area contributed by atoms with Crippen molar-refractivity contribution >= 4 is 35.5 Å². The molecule has 3 rings (SSSR count). The Bertz CT molecular complexity index is 934. The second kappa shape index (κ2) is 9.19. The maximum absolute atomic E-state index is 12.3. The van der Waals surface area contributed by atoms with Gasteiger partial charge in [-0.25, -0.2) is 4.98 Å². The summed E-state index contributed by atoms with van der Waals surface area (Å²) in [4.78, 5) is 16.7. The number of carbonyl (C=O) groups excluding carboxylic acids is 1. The Morgan fingerprint density at radius 3 is 2.74 bits per heavy atom. The van der Waals surface area contributed by atoms with Gasteiger partial charge in [-0.2, -0.15) is 0 Å². The maximum atomic E-state index is 12.3. The molecule has 0 unspecified atom stereocenters. The van der Waals surface area contributed by atoms with Crippen molar-refractivity contribution in [3.8, 4) is 0 Å². The Morgan fingerprint density at radius 1 is 1.15 bits per heavy atom. The summed E-state index contributed by atoms with van der Waals surface area (Å²) in [7, 11) is 0. The Morgan fingerprint density at radius 2 is 1.96 bits per heavy atom. The van der Waals surface area contributed by atoms with E-state index >= 15 is 0 Å². The van der Waals surface area contributed by atoms with Crippen molar-refractivity contribution < 1.29 is 4.79 Å². The van der Waals surface area contributed by atoms with E-state index in [-0.39, 0.29) is 11.7 Å². The molecule has 0 saturated heterocycles. The first-order valence-corrected chi connectivity index (χ1v) is 9.81. The number of thioether (sulfide) groups is 1. The van der Waals surface area contributed by atoms with E-state index in [0.29, 0.717) is 11.0 Å². The first kappa shape index (κ1) is 18.9. The van der Waals surface area contributed by atoms with Crippen LogP contribution in [0.2, 0.25) is 0 Å². The molecule has 0 radical (unpaired) electrons. The zero-order chi connectivity index (χ0) is 19.1. The lowest BCUT2D eigenvalue weighted by Gasteiger charge is -2.12. The molecule has 0 bridgehead atoms. The number of nitrogens with zero attached hydrogens (tertiary/aromatic N) is 2. The number of para-hydroxylation sites is 1. The summed E-state index contributed by atoms with van der Waals surface area (Å²) in [5.41, 5.74) is 4.21. The number of aryl methyl sites for hydroxylation is 2. The second-order valence-electron chi connectivity index (χ2n) is 6.05. The number of H-pyrrole nitrogens is 1. The van der Waals surface area contributed by atoms with Crippen LogP contribution in [0.1, 0.15) is 29.4 Å². The van der Waals surface area contributed by atoms with Gasteiger partial charge in [-0.15, -0.1) is 5.10 Å². The molecular weight excluding hydrogens is 356 g/mol. The lowest BCUT2D eigenvalue weighted by molar-refractivity contribution is -0.113. The smallest absolute Gasteiger partial charge is 0.234 e.